The summed E-state index contributed by atoms with van der Waals surface area (Å²) < 4.78 is 5.57. The molecule has 0 aliphatic carbocycles. The number of phenolic OH excluding ortho intramolecular Hbond substituents is 1. The van der Waals surface area contributed by atoms with Gasteiger partial charge < -0.3 is 14.7 Å². The summed E-state index contributed by atoms with van der Waals surface area (Å²) in [6, 6.07) is 2.82. The molecule has 0 amide bonds. The molecule has 4 nitrogen and oxygen atoms in total. The van der Waals surface area contributed by atoms with Crippen molar-refractivity contribution in [2.45, 2.75) is 46.5 Å². The van der Waals surface area contributed by atoms with Gasteiger partial charge >= 0.3 is 0 Å². The average Bonchev–Trinajstić information content (AvgIpc) is 2.43. The predicted octanol–water partition coefficient (Wildman–Crippen LogP) is 5.69. The number of aromatic hydroxyl groups is 1. The molecule has 0 spiro atoms. The van der Waals surface area contributed by atoms with E-state index in [1.54, 1.807) is 0 Å². The molecule has 1 aromatic rings. The Kier molecular flexibility index (Phi) is 9.19. The Labute approximate surface area is 148 Å². The smallest absolute Gasteiger partial charge is 0.156 e. The fourth-order valence-electron chi connectivity index (χ4n) is 2.09. The van der Waals surface area contributed by atoms with Crippen molar-refractivity contribution < 1.29 is 14.7 Å². The first kappa shape index (κ1) is 19.9. The Balaban J connectivity index is 2.15. The van der Waals surface area contributed by atoms with E-state index in [0.29, 0.717) is 34.9 Å². The number of phenols is 1. The Bertz CT molecular complexity index is 496. The van der Waals surface area contributed by atoms with E-state index in [9.17, 15) is 5.11 Å². The van der Waals surface area contributed by atoms with Crippen molar-refractivity contribution in [1.82, 2.24) is 0 Å². The molecule has 1 rings (SSSR count). The summed E-state index contributed by atoms with van der Waals surface area (Å²) in [6.07, 6.45) is 3.71. The average molecular weight is 362 g/mol. The van der Waals surface area contributed by atoms with E-state index in [1.807, 2.05) is 6.92 Å². The largest absolute Gasteiger partial charge is 0.508 e. The van der Waals surface area contributed by atoms with E-state index in [-0.39, 0.29) is 5.75 Å². The van der Waals surface area contributed by atoms with Crippen LogP contribution in [0, 0.1) is 5.92 Å². The van der Waals surface area contributed by atoms with Gasteiger partial charge in [0.05, 0.1) is 22.4 Å². The maximum absolute atomic E-state index is 9.35. The normalized spacial score (nSPS) is 11.8. The van der Waals surface area contributed by atoms with Crippen LogP contribution in [0.1, 0.15) is 46.5 Å². The Morgan fingerprint density at radius 2 is 1.74 bits per heavy atom. The van der Waals surface area contributed by atoms with Crippen molar-refractivity contribution >= 4 is 28.9 Å². The Hall–Kier alpha value is -1.13. The maximum atomic E-state index is 9.35. The Morgan fingerprint density at radius 1 is 1.13 bits per heavy atom. The monoisotopic (exact) mass is 361 g/mol. The zero-order valence-electron chi connectivity index (χ0n) is 13.9. The molecule has 0 saturated carbocycles. The fraction of sp³-hybridized carbons (Fsp3) is 0.588. The predicted molar refractivity (Wildman–Crippen MR) is 96.0 cm³/mol. The van der Waals surface area contributed by atoms with Crippen molar-refractivity contribution in [2.24, 2.45) is 11.1 Å². The number of benzene rings is 1. The number of ether oxygens (including phenoxy) is 1. The van der Waals surface area contributed by atoms with E-state index >= 15 is 0 Å². The molecule has 0 fully saturated rings. The summed E-state index contributed by atoms with van der Waals surface area (Å²) in [4.78, 5) is 5.29. The van der Waals surface area contributed by atoms with E-state index in [2.05, 4.69) is 19.0 Å². The minimum atomic E-state index is 0.0258. The van der Waals surface area contributed by atoms with E-state index in [1.165, 1.54) is 12.1 Å². The summed E-state index contributed by atoms with van der Waals surface area (Å²) in [7, 11) is 0. The first-order chi connectivity index (χ1) is 10.9. The van der Waals surface area contributed by atoms with Gasteiger partial charge in [-0.05, 0) is 38.5 Å². The number of unbranched alkanes of at least 4 members (excludes halogenated alkanes) is 2. The number of nitrogens with zero attached hydrogens (tertiary/aromatic N) is 1. The summed E-state index contributed by atoms with van der Waals surface area (Å²) in [5.74, 6) is 1.03. The molecule has 0 heterocycles. The van der Waals surface area contributed by atoms with Crippen LogP contribution in [0.2, 0.25) is 10.0 Å². The minimum Gasteiger partial charge on any atom is -0.508 e. The lowest BCUT2D eigenvalue weighted by Crippen LogP contribution is -2.01. The quantitative estimate of drug-likeness (QED) is 0.331. The number of hydrogen-bond donors (Lipinski definition) is 1. The molecule has 0 saturated heterocycles. The third-order valence-electron chi connectivity index (χ3n) is 3.03. The SMILES string of the molecule is CC(CC(C)C)=NOCCCCCOc1c(Cl)cc(O)cc1Cl. The summed E-state index contributed by atoms with van der Waals surface area (Å²) in [6.45, 7) is 7.42. The number of oxime groups is 1. The van der Waals surface area contributed by atoms with Crippen LogP contribution in [-0.4, -0.2) is 24.0 Å². The standard InChI is InChI=1S/C17H25Cl2NO3/c1-12(2)9-13(3)20-23-8-6-4-5-7-22-17-15(18)10-14(21)11-16(17)19/h10-12,21H,4-9H2,1-3H3. The molecular weight excluding hydrogens is 337 g/mol. The highest BCUT2D eigenvalue weighted by Crippen LogP contribution is 2.36. The Morgan fingerprint density at radius 3 is 2.35 bits per heavy atom. The molecule has 0 unspecified atom stereocenters. The first-order valence-electron chi connectivity index (χ1n) is 7.86. The van der Waals surface area contributed by atoms with Crippen LogP contribution in [0.15, 0.2) is 17.3 Å². The van der Waals surface area contributed by atoms with E-state index in [4.69, 9.17) is 32.8 Å². The second-order valence-electron chi connectivity index (χ2n) is 5.91. The molecule has 23 heavy (non-hydrogen) atoms. The summed E-state index contributed by atoms with van der Waals surface area (Å²) in [5, 5.41) is 14.1. The highest BCUT2D eigenvalue weighted by molar-refractivity contribution is 6.37. The molecule has 1 aromatic carbocycles. The van der Waals surface area contributed by atoms with Crippen molar-refractivity contribution in [3.63, 3.8) is 0 Å². The lowest BCUT2D eigenvalue weighted by Gasteiger charge is -2.10. The van der Waals surface area contributed by atoms with Crippen LogP contribution in [0.25, 0.3) is 0 Å². The highest BCUT2D eigenvalue weighted by Gasteiger charge is 2.09. The van der Waals surface area contributed by atoms with Crippen LogP contribution in [0.5, 0.6) is 11.5 Å². The lowest BCUT2D eigenvalue weighted by molar-refractivity contribution is 0.137. The number of rotatable bonds is 10. The van der Waals surface area contributed by atoms with Crippen LogP contribution in [-0.2, 0) is 4.84 Å². The fourth-order valence-corrected chi connectivity index (χ4v) is 2.67. The minimum absolute atomic E-state index is 0.0258. The molecule has 6 heteroatoms. The van der Waals surface area contributed by atoms with Crippen LogP contribution >= 0.6 is 23.2 Å². The van der Waals surface area contributed by atoms with Crippen LogP contribution in [0.4, 0.5) is 0 Å². The van der Waals surface area contributed by atoms with Gasteiger partial charge in [0, 0.05) is 12.1 Å². The van der Waals surface area contributed by atoms with Gasteiger partial charge in [-0.3, -0.25) is 0 Å². The van der Waals surface area contributed by atoms with Gasteiger partial charge in [0.1, 0.15) is 12.4 Å². The second-order valence-corrected chi connectivity index (χ2v) is 6.72. The van der Waals surface area contributed by atoms with Gasteiger partial charge in [0.25, 0.3) is 0 Å². The van der Waals surface area contributed by atoms with Gasteiger partial charge in [0.15, 0.2) is 5.75 Å². The second kappa shape index (κ2) is 10.6. The molecule has 0 bridgehead atoms. The van der Waals surface area contributed by atoms with E-state index in [0.717, 1.165) is 31.4 Å². The molecule has 0 radical (unpaired) electrons. The first-order valence-corrected chi connectivity index (χ1v) is 8.62. The molecule has 0 aromatic heterocycles. The molecule has 1 N–H and O–H groups in total. The third kappa shape index (κ3) is 8.33. The summed E-state index contributed by atoms with van der Waals surface area (Å²) >= 11 is 12.0. The van der Waals surface area contributed by atoms with Crippen molar-refractivity contribution in [3.05, 3.63) is 22.2 Å². The van der Waals surface area contributed by atoms with Gasteiger partial charge in [0.2, 0.25) is 0 Å². The third-order valence-corrected chi connectivity index (χ3v) is 3.59. The van der Waals surface area contributed by atoms with Crippen molar-refractivity contribution in [1.29, 1.82) is 0 Å². The van der Waals surface area contributed by atoms with Gasteiger partial charge in [-0.25, -0.2) is 0 Å². The summed E-state index contributed by atoms with van der Waals surface area (Å²) in [5.41, 5.74) is 1.03. The highest BCUT2D eigenvalue weighted by atomic mass is 35.5. The van der Waals surface area contributed by atoms with Gasteiger partial charge in [-0.2, -0.15) is 0 Å². The number of halogens is 2. The molecule has 130 valence electrons. The molecule has 0 atom stereocenters. The molecule has 0 aliphatic rings. The zero-order valence-corrected chi connectivity index (χ0v) is 15.5. The van der Waals surface area contributed by atoms with Crippen molar-refractivity contribution in [2.75, 3.05) is 13.2 Å². The van der Waals surface area contributed by atoms with Crippen molar-refractivity contribution in [3.8, 4) is 11.5 Å². The zero-order chi connectivity index (χ0) is 17.2. The van der Waals surface area contributed by atoms with E-state index < -0.39 is 0 Å². The van der Waals surface area contributed by atoms with Gasteiger partial charge in [-0.15, -0.1) is 0 Å². The topological polar surface area (TPSA) is 51.0 Å². The van der Waals surface area contributed by atoms with Crippen LogP contribution in [0.3, 0.4) is 0 Å². The molecule has 0 aliphatic heterocycles. The lowest BCUT2D eigenvalue weighted by atomic mass is 10.1. The van der Waals surface area contributed by atoms with Gasteiger partial charge in [-0.1, -0.05) is 42.2 Å². The van der Waals surface area contributed by atoms with Crippen LogP contribution < -0.4 is 4.74 Å². The number of hydrogen-bond acceptors (Lipinski definition) is 4. The molecular formula is C17H25Cl2NO3. The maximum Gasteiger partial charge on any atom is 0.156 e.